The predicted octanol–water partition coefficient (Wildman–Crippen LogP) is 2.84. The molecular weight excluding hydrogens is 164 g/mol. The van der Waals surface area contributed by atoms with Gasteiger partial charge in [0.05, 0.1) is 0 Å². The van der Waals surface area contributed by atoms with Gasteiger partial charge in [0, 0.05) is 0 Å². The SMILES string of the molecule is C=C=CC(CCCCCC)OC=O. The molecule has 0 aromatic heterocycles. The molecule has 2 heteroatoms. The minimum atomic E-state index is -0.133. The fraction of sp³-hybridized carbons (Fsp3) is 0.636. The van der Waals surface area contributed by atoms with E-state index >= 15 is 0 Å². The summed E-state index contributed by atoms with van der Waals surface area (Å²) >= 11 is 0. The minimum absolute atomic E-state index is 0.133. The Morgan fingerprint density at radius 3 is 2.77 bits per heavy atom. The lowest BCUT2D eigenvalue weighted by atomic mass is 10.1. The standard InChI is InChI=1S/C11H18O2/c1-3-5-6-7-9-11(8-4-2)13-10-12/h8,10-11H,2-3,5-7,9H2,1H3. The lowest BCUT2D eigenvalue weighted by molar-refractivity contribution is -0.131. The summed E-state index contributed by atoms with van der Waals surface area (Å²) in [5, 5.41) is 0. The second kappa shape index (κ2) is 9.08. The van der Waals surface area contributed by atoms with Gasteiger partial charge in [-0.15, -0.1) is 5.73 Å². The van der Waals surface area contributed by atoms with E-state index in [9.17, 15) is 4.79 Å². The molecule has 1 unspecified atom stereocenters. The van der Waals surface area contributed by atoms with Crippen molar-refractivity contribution in [3.05, 3.63) is 18.4 Å². The van der Waals surface area contributed by atoms with Crippen molar-refractivity contribution in [2.24, 2.45) is 0 Å². The molecule has 0 fully saturated rings. The average Bonchev–Trinajstić information content (AvgIpc) is 2.13. The van der Waals surface area contributed by atoms with Crippen molar-refractivity contribution in [3.63, 3.8) is 0 Å². The van der Waals surface area contributed by atoms with E-state index in [0.29, 0.717) is 6.47 Å². The van der Waals surface area contributed by atoms with Crippen molar-refractivity contribution in [3.8, 4) is 0 Å². The van der Waals surface area contributed by atoms with Gasteiger partial charge in [-0.25, -0.2) is 0 Å². The quantitative estimate of drug-likeness (QED) is 0.328. The monoisotopic (exact) mass is 182 g/mol. The molecule has 0 rings (SSSR count). The number of unbranched alkanes of at least 4 members (excludes halogenated alkanes) is 3. The molecule has 0 aliphatic rings. The van der Waals surface area contributed by atoms with Crippen LogP contribution in [0.4, 0.5) is 0 Å². The zero-order chi connectivity index (χ0) is 9.94. The molecule has 0 saturated carbocycles. The molecule has 0 N–H and O–H groups in total. The molecule has 0 saturated heterocycles. The Morgan fingerprint density at radius 1 is 1.46 bits per heavy atom. The summed E-state index contributed by atoms with van der Waals surface area (Å²) in [5.41, 5.74) is 2.63. The summed E-state index contributed by atoms with van der Waals surface area (Å²) in [6, 6.07) is 0. The van der Waals surface area contributed by atoms with Gasteiger partial charge in [0.1, 0.15) is 6.10 Å². The maximum absolute atomic E-state index is 10.1. The van der Waals surface area contributed by atoms with Gasteiger partial charge in [-0.3, -0.25) is 4.79 Å². The van der Waals surface area contributed by atoms with E-state index in [0.717, 1.165) is 12.8 Å². The van der Waals surface area contributed by atoms with E-state index in [1.54, 1.807) is 6.08 Å². The maximum Gasteiger partial charge on any atom is 0.293 e. The predicted molar refractivity (Wildman–Crippen MR) is 53.4 cm³/mol. The van der Waals surface area contributed by atoms with Gasteiger partial charge in [-0.05, 0) is 18.9 Å². The number of carbonyl (C=O) groups excluding carboxylic acids is 1. The highest BCUT2D eigenvalue weighted by atomic mass is 16.5. The van der Waals surface area contributed by atoms with Crippen molar-refractivity contribution in [1.29, 1.82) is 0 Å². The molecule has 1 atom stereocenters. The summed E-state index contributed by atoms with van der Waals surface area (Å²) < 4.78 is 4.82. The highest BCUT2D eigenvalue weighted by Crippen LogP contribution is 2.08. The molecule has 0 heterocycles. The van der Waals surface area contributed by atoms with Gasteiger partial charge in [0.25, 0.3) is 6.47 Å². The van der Waals surface area contributed by atoms with Gasteiger partial charge in [0.2, 0.25) is 0 Å². The molecular formula is C11H18O2. The molecule has 0 radical (unpaired) electrons. The van der Waals surface area contributed by atoms with E-state index in [1.807, 2.05) is 0 Å². The van der Waals surface area contributed by atoms with Crippen molar-refractivity contribution in [1.82, 2.24) is 0 Å². The number of hydrogen-bond donors (Lipinski definition) is 0. The first kappa shape index (κ1) is 12.0. The minimum Gasteiger partial charge on any atom is -0.460 e. The normalized spacial score (nSPS) is 11.5. The van der Waals surface area contributed by atoms with Crippen LogP contribution in [0.15, 0.2) is 18.4 Å². The van der Waals surface area contributed by atoms with Crippen LogP contribution in [-0.4, -0.2) is 12.6 Å². The van der Waals surface area contributed by atoms with Crippen LogP contribution in [0.3, 0.4) is 0 Å². The van der Waals surface area contributed by atoms with Crippen LogP contribution in [0.25, 0.3) is 0 Å². The van der Waals surface area contributed by atoms with Crippen LogP contribution >= 0.6 is 0 Å². The van der Waals surface area contributed by atoms with E-state index in [4.69, 9.17) is 4.74 Å². The summed E-state index contributed by atoms with van der Waals surface area (Å²) in [6.45, 7) is 6.10. The molecule has 0 aromatic rings. The largest absolute Gasteiger partial charge is 0.460 e. The number of hydrogen-bond acceptors (Lipinski definition) is 2. The Hall–Kier alpha value is -1.01. The van der Waals surface area contributed by atoms with Crippen LogP contribution in [0.1, 0.15) is 39.0 Å². The lowest BCUT2D eigenvalue weighted by Gasteiger charge is -2.08. The van der Waals surface area contributed by atoms with Crippen molar-refractivity contribution < 1.29 is 9.53 Å². The van der Waals surface area contributed by atoms with Crippen molar-refractivity contribution >= 4 is 6.47 Å². The van der Waals surface area contributed by atoms with Gasteiger partial charge in [0.15, 0.2) is 0 Å². The summed E-state index contributed by atoms with van der Waals surface area (Å²) in [5.74, 6) is 0. The highest BCUT2D eigenvalue weighted by Gasteiger charge is 2.03. The molecule has 13 heavy (non-hydrogen) atoms. The van der Waals surface area contributed by atoms with Crippen LogP contribution < -0.4 is 0 Å². The maximum atomic E-state index is 10.1. The molecule has 2 nitrogen and oxygen atoms in total. The third-order valence-electron chi connectivity index (χ3n) is 1.88. The Bertz CT molecular complexity index is 169. The number of rotatable bonds is 8. The molecule has 0 aliphatic carbocycles. The van der Waals surface area contributed by atoms with Gasteiger partial charge >= 0.3 is 0 Å². The van der Waals surface area contributed by atoms with Crippen LogP contribution in [0.5, 0.6) is 0 Å². The van der Waals surface area contributed by atoms with E-state index in [2.05, 4.69) is 19.2 Å². The Balaban J connectivity index is 3.56. The van der Waals surface area contributed by atoms with Crippen LogP contribution in [0, 0.1) is 0 Å². The van der Waals surface area contributed by atoms with E-state index in [1.165, 1.54) is 19.3 Å². The Morgan fingerprint density at radius 2 is 2.23 bits per heavy atom. The Labute approximate surface area is 80.3 Å². The summed E-state index contributed by atoms with van der Waals surface area (Å²) in [4.78, 5) is 10.1. The fourth-order valence-corrected chi connectivity index (χ4v) is 1.17. The fourth-order valence-electron chi connectivity index (χ4n) is 1.17. The first-order chi connectivity index (χ1) is 6.35. The smallest absolute Gasteiger partial charge is 0.293 e. The number of carbonyl (C=O) groups is 1. The highest BCUT2D eigenvalue weighted by molar-refractivity contribution is 5.37. The van der Waals surface area contributed by atoms with Crippen LogP contribution in [0.2, 0.25) is 0 Å². The van der Waals surface area contributed by atoms with Crippen LogP contribution in [-0.2, 0) is 9.53 Å². The van der Waals surface area contributed by atoms with E-state index in [-0.39, 0.29) is 6.10 Å². The molecule has 0 spiro atoms. The zero-order valence-electron chi connectivity index (χ0n) is 8.29. The average molecular weight is 182 g/mol. The molecule has 0 aliphatic heterocycles. The summed E-state index contributed by atoms with van der Waals surface area (Å²) in [7, 11) is 0. The van der Waals surface area contributed by atoms with Crippen molar-refractivity contribution in [2.75, 3.05) is 0 Å². The molecule has 0 amide bonds. The second-order valence-electron chi connectivity index (χ2n) is 2.99. The molecule has 74 valence electrons. The number of ether oxygens (including phenoxy) is 1. The topological polar surface area (TPSA) is 26.3 Å². The zero-order valence-corrected chi connectivity index (χ0v) is 8.29. The molecule has 0 aromatic carbocycles. The van der Waals surface area contributed by atoms with Gasteiger partial charge in [-0.2, -0.15) is 0 Å². The second-order valence-corrected chi connectivity index (χ2v) is 2.99. The van der Waals surface area contributed by atoms with Gasteiger partial charge in [-0.1, -0.05) is 32.8 Å². The van der Waals surface area contributed by atoms with Gasteiger partial charge < -0.3 is 4.74 Å². The first-order valence-electron chi connectivity index (χ1n) is 4.80. The Kier molecular flexibility index (Phi) is 8.38. The third kappa shape index (κ3) is 7.35. The lowest BCUT2D eigenvalue weighted by Crippen LogP contribution is -2.07. The first-order valence-corrected chi connectivity index (χ1v) is 4.80. The van der Waals surface area contributed by atoms with E-state index < -0.39 is 0 Å². The van der Waals surface area contributed by atoms with Crippen molar-refractivity contribution in [2.45, 2.75) is 45.1 Å². The summed E-state index contributed by atoms with van der Waals surface area (Å²) in [6.07, 6.45) is 7.18. The third-order valence-corrected chi connectivity index (χ3v) is 1.88. The molecule has 0 bridgehead atoms.